The van der Waals surface area contributed by atoms with Crippen LogP contribution < -0.4 is 0 Å². The third-order valence-corrected chi connectivity index (χ3v) is 9.19. The van der Waals surface area contributed by atoms with Crippen molar-refractivity contribution in [1.29, 1.82) is 0 Å². The van der Waals surface area contributed by atoms with Gasteiger partial charge < -0.3 is 0 Å². The molecule has 0 bridgehead atoms. The van der Waals surface area contributed by atoms with Crippen LogP contribution in [-0.2, 0) is 18.1 Å². The number of benzene rings is 1. The Morgan fingerprint density at radius 3 is 1.43 bits per heavy atom. The standard InChI is InChI=1S/C10H2Cl4F8O4S4/c11-3-1-2-4(27-7(15,16)9(19,20)29(13,23)24)6(5(3)12)28-8(17,18)10(21,22)30(14,25)26/h1-2H. The molecular formula is C10H2Cl4F8O4S4. The molecule has 30 heavy (non-hydrogen) atoms. The van der Waals surface area contributed by atoms with Crippen LogP contribution in [0.15, 0.2) is 21.9 Å². The van der Waals surface area contributed by atoms with Gasteiger partial charge in [0.1, 0.15) is 0 Å². The maximum Gasteiger partial charge on any atom is 0.431 e. The van der Waals surface area contributed by atoms with Crippen molar-refractivity contribution in [3.63, 3.8) is 0 Å². The summed E-state index contributed by atoms with van der Waals surface area (Å²) in [6, 6.07) is 0.948. The molecule has 0 aliphatic heterocycles. The molecule has 1 rings (SSSR count). The maximum atomic E-state index is 13.9. The Balaban J connectivity index is 3.60. The van der Waals surface area contributed by atoms with Gasteiger partial charge in [-0.2, -0.15) is 35.1 Å². The molecule has 0 heterocycles. The third kappa shape index (κ3) is 5.31. The van der Waals surface area contributed by atoms with E-state index in [9.17, 15) is 52.0 Å². The molecule has 0 radical (unpaired) electrons. The number of thioether (sulfide) groups is 2. The number of hydrogen-bond acceptors (Lipinski definition) is 6. The number of rotatable bonds is 8. The molecule has 1 aromatic rings. The van der Waals surface area contributed by atoms with Gasteiger partial charge in [-0.15, -0.1) is 0 Å². The highest BCUT2D eigenvalue weighted by atomic mass is 35.7. The van der Waals surface area contributed by atoms with Crippen LogP contribution in [0.1, 0.15) is 0 Å². The number of alkyl halides is 8. The summed E-state index contributed by atoms with van der Waals surface area (Å²) in [7, 11) is -3.99. The fraction of sp³-hybridized carbons (Fsp3) is 0.400. The molecule has 0 aliphatic carbocycles. The summed E-state index contributed by atoms with van der Waals surface area (Å²) in [5, 5.41) is -25.1. The molecule has 0 atom stereocenters. The first-order valence-electron chi connectivity index (χ1n) is 6.25. The molecule has 0 saturated carbocycles. The van der Waals surface area contributed by atoms with Crippen LogP contribution in [0.5, 0.6) is 0 Å². The topological polar surface area (TPSA) is 68.3 Å². The van der Waals surface area contributed by atoms with Crippen LogP contribution >= 0.6 is 68.1 Å². The zero-order chi connectivity index (χ0) is 24.1. The highest BCUT2D eigenvalue weighted by Gasteiger charge is 2.68. The van der Waals surface area contributed by atoms with Crippen molar-refractivity contribution in [1.82, 2.24) is 0 Å². The molecule has 0 fully saturated rings. The number of halogens is 12. The molecule has 0 saturated heterocycles. The molecule has 4 nitrogen and oxygen atoms in total. The smallest absolute Gasteiger partial charge is 0.206 e. The molecule has 0 spiro atoms. The lowest BCUT2D eigenvalue weighted by Crippen LogP contribution is -2.43. The summed E-state index contributed by atoms with van der Waals surface area (Å²) in [5.41, 5.74) is 0. The van der Waals surface area contributed by atoms with Gasteiger partial charge in [0.25, 0.3) is 0 Å². The van der Waals surface area contributed by atoms with Gasteiger partial charge in [-0.25, -0.2) is 16.8 Å². The normalized spacial score (nSPS) is 14.8. The van der Waals surface area contributed by atoms with Crippen molar-refractivity contribution >= 4 is 86.2 Å². The first kappa shape index (κ1) is 28.5. The Hall–Kier alpha value is 0.420. The minimum absolute atomic E-state index is 0.343. The van der Waals surface area contributed by atoms with E-state index < -0.39 is 82.5 Å². The lowest BCUT2D eigenvalue weighted by Gasteiger charge is -2.26. The SMILES string of the molecule is O=S(=O)(Cl)C(F)(F)C(F)(F)Sc1ccc(Cl)c(Cl)c1SC(F)(F)C(F)(F)S(=O)(=O)Cl. The van der Waals surface area contributed by atoms with Crippen LogP contribution in [0.25, 0.3) is 0 Å². The monoisotopic (exact) mass is 606 g/mol. The van der Waals surface area contributed by atoms with Gasteiger partial charge in [-0.05, 0) is 35.7 Å². The Bertz CT molecular complexity index is 1050. The molecule has 0 aliphatic rings. The fourth-order valence-corrected chi connectivity index (χ4v) is 5.96. The minimum atomic E-state index is -6.27. The van der Waals surface area contributed by atoms with Gasteiger partial charge in [-0.1, -0.05) is 23.2 Å². The fourth-order valence-electron chi connectivity index (χ4n) is 1.36. The van der Waals surface area contributed by atoms with E-state index in [4.69, 9.17) is 23.2 Å². The van der Waals surface area contributed by atoms with Crippen molar-refractivity contribution < 1.29 is 52.0 Å². The summed E-state index contributed by atoms with van der Waals surface area (Å²) < 4.78 is 152. The summed E-state index contributed by atoms with van der Waals surface area (Å²) in [4.78, 5) is -2.89. The third-order valence-electron chi connectivity index (χ3n) is 2.77. The average Bonchev–Trinajstić information content (AvgIpc) is 2.51. The summed E-state index contributed by atoms with van der Waals surface area (Å²) in [5.74, 6) is 0. The Morgan fingerprint density at radius 1 is 0.700 bits per heavy atom. The predicted octanol–water partition coefficient (Wildman–Crippen LogP) is 6.69. The molecule has 20 heteroatoms. The van der Waals surface area contributed by atoms with Crippen molar-refractivity contribution in [3.05, 3.63) is 22.2 Å². The zero-order valence-electron chi connectivity index (χ0n) is 13.0. The lowest BCUT2D eigenvalue weighted by atomic mass is 10.3. The highest BCUT2D eigenvalue weighted by molar-refractivity contribution is 8.16. The summed E-state index contributed by atoms with van der Waals surface area (Å²) in [6.45, 7) is 0. The van der Waals surface area contributed by atoms with Gasteiger partial charge >= 0.3 is 39.1 Å². The Kier molecular flexibility index (Phi) is 8.20. The van der Waals surface area contributed by atoms with Crippen molar-refractivity contribution in [2.24, 2.45) is 0 Å². The van der Waals surface area contributed by atoms with Crippen LogP contribution in [0.2, 0.25) is 10.0 Å². The molecule has 0 unspecified atom stereocenters. The molecule has 0 aromatic heterocycles. The van der Waals surface area contributed by atoms with Crippen LogP contribution in [-0.4, -0.2) is 37.9 Å². The van der Waals surface area contributed by atoms with E-state index in [2.05, 4.69) is 21.4 Å². The first-order valence-corrected chi connectivity index (χ1v) is 13.3. The predicted molar refractivity (Wildman–Crippen MR) is 97.5 cm³/mol. The van der Waals surface area contributed by atoms with Gasteiger partial charge in [0.15, 0.2) is 0 Å². The van der Waals surface area contributed by atoms with Gasteiger partial charge in [-0.3, -0.25) is 0 Å². The Labute approximate surface area is 190 Å². The molecule has 1 aromatic carbocycles. The van der Waals surface area contributed by atoms with Gasteiger partial charge in [0, 0.05) is 31.2 Å². The van der Waals surface area contributed by atoms with E-state index >= 15 is 0 Å². The van der Waals surface area contributed by atoms with Crippen molar-refractivity contribution in [2.75, 3.05) is 0 Å². The molecular weight excluding hydrogens is 606 g/mol. The lowest BCUT2D eigenvalue weighted by molar-refractivity contribution is -0.0892. The van der Waals surface area contributed by atoms with Gasteiger partial charge in [0.2, 0.25) is 0 Å². The summed E-state index contributed by atoms with van der Waals surface area (Å²) in [6.07, 6.45) is 0. The van der Waals surface area contributed by atoms with Crippen molar-refractivity contribution in [2.45, 2.75) is 30.8 Å². The van der Waals surface area contributed by atoms with E-state index in [1.807, 2.05) is 0 Å². The van der Waals surface area contributed by atoms with Gasteiger partial charge in [0.05, 0.1) is 10.0 Å². The first-order chi connectivity index (χ1) is 13.0. The Morgan fingerprint density at radius 2 is 1.07 bits per heavy atom. The van der Waals surface area contributed by atoms with Crippen molar-refractivity contribution in [3.8, 4) is 0 Å². The summed E-state index contributed by atoms with van der Waals surface area (Å²) >= 11 is 8.14. The molecule has 174 valence electrons. The van der Waals surface area contributed by atoms with E-state index in [-0.39, 0.29) is 0 Å². The van der Waals surface area contributed by atoms with E-state index in [0.29, 0.717) is 12.1 Å². The molecule has 0 amide bonds. The van der Waals surface area contributed by atoms with E-state index in [1.54, 1.807) is 0 Å². The zero-order valence-corrected chi connectivity index (χ0v) is 19.2. The number of hydrogen-bond donors (Lipinski definition) is 0. The second-order valence-corrected chi connectivity index (χ2v) is 13.1. The van der Waals surface area contributed by atoms with Crippen LogP contribution in [0.3, 0.4) is 0 Å². The largest absolute Gasteiger partial charge is 0.431 e. The van der Waals surface area contributed by atoms with Crippen LogP contribution in [0.4, 0.5) is 35.1 Å². The maximum absolute atomic E-state index is 13.9. The van der Waals surface area contributed by atoms with E-state index in [1.165, 1.54) is 0 Å². The molecule has 0 N–H and O–H groups in total. The van der Waals surface area contributed by atoms with E-state index in [0.717, 1.165) is 0 Å². The second-order valence-electron chi connectivity index (χ2n) is 4.84. The quantitative estimate of drug-likeness (QED) is 0.186. The highest BCUT2D eigenvalue weighted by Crippen LogP contribution is 2.57. The minimum Gasteiger partial charge on any atom is -0.206 e. The average molecular weight is 608 g/mol. The van der Waals surface area contributed by atoms with Crippen LogP contribution in [0, 0.1) is 0 Å². The second kappa shape index (κ2) is 8.65.